The normalized spacial score (nSPS) is 10.2. The monoisotopic (exact) mass is 311 g/mol. The average molecular weight is 312 g/mol. The number of nitrogens with zero attached hydrogens (tertiary/aromatic N) is 1. The zero-order valence-corrected chi connectivity index (χ0v) is 12.0. The smallest absolute Gasteiger partial charge is 0.356 e. The van der Waals surface area contributed by atoms with E-state index in [1.54, 1.807) is 24.3 Å². The van der Waals surface area contributed by atoms with Crippen LogP contribution in [0.5, 0.6) is 0 Å². The average Bonchev–Trinajstić information content (AvgIpc) is 2.44. The Bertz CT molecular complexity index is 642. The highest BCUT2D eigenvalue weighted by molar-refractivity contribution is 6.39. The number of para-hydroxylation sites is 1. The number of nitrogens with two attached hydrogens (primary N) is 1. The van der Waals surface area contributed by atoms with Gasteiger partial charge in [0.15, 0.2) is 11.5 Å². The molecule has 0 amide bonds. The number of anilines is 3. The largest absolute Gasteiger partial charge is 0.464 e. The maximum absolute atomic E-state index is 11.5. The van der Waals surface area contributed by atoms with Gasteiger partial charge in [0.1, 0.15) is 0 Å². The van der Waals surface area contributed by atoms with Crippen LogP contribution in [0.2, 0.25) is 10.0 Å². The lowest BCUT2D eigenvalue weighted by molar-refractivity contribution is 0.0594. The molecule has 0 fully saturated rings. The SMILES string of the molecule is COC(=O)c1ccc(N)c(Nc2c(Cl)cccc2Cl)n1. The van der Waals surface area contributed by atoms with Crippen molar-refractivity contribution in [2.75, 3.05) is 18.2 Å². The quantitative estimate of drug-likeness (QED) is 0.848. The van der Waals surface area contributed by atoms with Crippen LogP contribution in [0.1, 0.15) is 10.5 Å². The molecule has 0 atom stereocenters. The molecule has 0 radical (unpaired) electrons. The number of rotatable bonds is 3. The number of carbonyl (C=O) groups excluding carboxylic acids is 1. The minimum Gasteiger partial charge on any atom is -0.464 e. The van der Waals surface area contributed by atoms with Crippen molar-refractivity contribution in [3.63, 3.8) is 0 Å². The number of ether oxygens (including phenoxy) is 1. The zero-order valence-electron chi connectivity index (χ0n) is 10.5. The van der Waals surface area contributed by atoms with Gasteiger partial charge in [-0.25, -0.2) is 9.78 Å². The van der Waals surface area contributed by atoms with E-state index in [9.17, 15) is 4.79 Å². The highest BCUT2D eigenvalue weighted by atomic mass is 35.5. The summed E-state index contributed by atoms with van der Waals surface area (Å²) < 4.78 is 4.61. The number of pyridine rings is 1. The first-order valence-corrected chi connectivity index (χ1v) is 6.34. The van der Waals surface area contributed by atoms with Crippen molar-refractivity contribution in [1.29, 1.82) is 0 Å². The van der Waals surface area contributed by atoms with Gasteiger partial charge in [-0.3, -0.25) is 0 Å². The van der Waals surface area contributed by atoms with Crippen LogP contribution >= 0.6 is 23.2 Å². The van der Waals surface area contributed by atoms with E-state index in [1.165, 1.54) is 13.2 Å². The highest BCUT2D eigenvalue weighted by Crippen LogP contribution is 2.33. The zero-order chi connectivity index (χ0) is 14.7. The fourth-order valence-electron chi connectivity index (χ4n) is 1.52. The number of aromatic nitrogens is 1. The van der Waals surface area contributed by atoms with Gasteiger partial charge in [0, 0.05) is 0 Å². The Morgan fingerprint density at radius 3 is 2.50 bits per heavy atom. The summed E-state index contributed by atoms with van der Waals surface area (Å²) in [5.41, 5.74) is 6.77. The molecule has 0 saturated carbocycles. The number of carbonyl (C=O) groups is 1. The number of halogens is 2. The van der Waals surface area contributed by atoms with Crippen molar-refractivity contribution in [3.05, 3.63) is 46.1 Å². The van der Waals surface area contributed by atoms with Crippen molar-refractivity contribution < 1.29 is 9.53 Å². The van der Waals surface area contributed by atoms with E-state index in [4.69, 9.17) is 28.9 Å². The van der Waals surface area contributed by atoms with Gasteiger partial charge in [0.25, 0.3) is 0 Å². The van der Waals surface area contributed by atoms with Crippen LogP contribution < -0.4 is 11.1 Å². The second-order valence-electron chi connectivity index (χ2n) is 3.85. The lowest BCUT2D eigenvalue weighted by Crippen LogP contribution is -2.08. The number of nitrogens with one attached hydrogen (secondary N) is 1. The van der Waals surface area contributed by atoms with Crippen LogP contribution in [0, 0.1) is 0 Å². The number of hydrogen-bond acceptors (Lipinski definition) is 5. The van der Waals surface area contributed by atoms with E-state index >= 15 is 0 Å². The molecule has 1 heterocycles. The molecule has 20 heavy (non-hydrogen) atoms. The van der Waals surface area contributed by atoms with Gasteiger partial charge in [-0.15, -0.1) is 0 Å². The number of benzene rings is 1. The van der Waals surface area contributed by atoms with Gasteiger partial charge in [0.05, 0.1) is 28.5 Å². The summed E-state index contributed by atoms with van der Waals surface area (Å²) in [6.07, 6.45) is 0. The molecular formula is C13H11Cl2N3O2. The van der Waals surface area contributed by atoms with E-state index in [0.717, 1.165) is 0 Å². The molecule has 3 N–H and O–H groups in total. The van der Waals surface area contributed by atoms with E-state index in [1.807, 2.05) is 0 Å². The molecule has 1 aromatic carbocycles. The molecule has 0 aliphatic rings. The molecule has 0 bridgehead atoms. The van der Waals surface area contributed by atoms with Crippen LogP contribution in [-0.2, 0) is 4.74 Å². The lowest BCUT2D eigenvalue weighted by atomic mass is 10.3. The summed E-state index contributed by atoms with van der Waals surface area (Å²) in [5, 5.41) is 3.76. The third-order valence-corrected chi connectivity index (χ3v) is 3.16. The molecule has 104 valence electrons. The fourth-order valence-corrected chi connectivity index (χ4v) is 2.02. The molecule has 0 aliphatic carbocycles. The van der Waals surface area contributed by atoms with Crippen molar-refractivity contribution in [2.45, 2.75) is 0 Å². The van der Waals surface area contributed by atoms with E-state index in [0.29, 0.717) is 21.4 Å². The number of nitrogen functional groups attached to an aromatic ring is 1. The highest BCUT2D eigenvalue weighted by Gasteiger charge is 2.13. The van der Waals surface area contributed by atoms with Crippen LogP contribution in [0.15, 0.2) is 30.3 Å². The van der Waals surface area contributed by atoms with Crippen LogP contribution in [0.3, 0.4) is 0 Å². The van der Waals surface area contributed by atoms with Gasteiger partial charge < -0.3 is 15.8 Å². The second kappa shape index (κ2) is 5.98. The summed E-state index contributed by atoms with van der Waals surface area (Å²) in [7, 11) is 1.28. The van der Waals surface area contributed by atoms with Crippen molar-refractivity contribution in [2.24, 2.45) is 0 Å². The van der Waals surface area contributed by atoms with E-state index < -0.39 is 5.97 Å². The minimum atomic E-state index is -0.557. The van der Waals surface area contributed by atoms with Crippen LogP contribution in [0.25, 0.3) is 0 Å². The summed E-state index contributed by atoms with van der Waals surface area (Å²) in [5.74, 6) is -0.277. The van der Waals surface area contributed by atoms with Gasteiger partial charge in [0.2, 0.25) is 0 Å². The van der Waals surface area contributed by atoms with Gasteiger partial charge in [-0.1, -0.05) is 29.3 Å². The minimum absolute atomic E-state index is 0.132. The molecular weight excluding hydrogens is 301 g/mol. The number of methoxy groups -OCH3 is 1. The lowest BCUT2D eigenvalue weighted by Gasteiger charge is -2.12. The molecule has 0 aliphatic heterocycles. The van der Waals surface area contributed by atoms with Crippen molar-refractivity contribution >= 4 is 46.4 Å². The van der Waals surface area contributed by atoms with Gasteiger partial charge >= 0.3 is 5.97 Å². The molecule has 1 aromatic heterocycles. The molecule has 7 heteroatoms. The topological polar surface area (TPSA) is 77.2 Å². The van der Waals surface area contributed by atoms with Crippen molar-refractivity contribution in [1.82, 2.24) is 4.98 Å². The number of esters is 1. The Balaban J connectivity index is 2.40. The first-order valence-electron chi connectivity index (χ1n) is 5.59. The molecule has 2 aromatic rings. The summed E-state index contributed by atoms with van der Waals surface area (Å²) in [6.45, 7) is 0. The first-order chi connectivity index (χ1) is 9.52. The standard InChI is InChI=1S/C13H11Cl2N3O2/c1-20-13(19)10-6-5-9(16)12(17-10)18-11-7(14)3-2-4-8(11)15/h2-6H,16H2,1H3,(H,17,18). The Hall–Kier alpha value is -1.98. The molecule has 0 spiro atoms. The number of hydrogen-bond donors (Lipinski definition) is 2. The second-order valence-corrected chi connectivity index (χ2v) is 4.66. The molecule has 0 saturated heterocycles. The third-order valence-electron chi connectivity index (χ3n) is 2.53. The Kier molecular flexibility index (Phi) is 4.32. The third kappa shape index (κ3) is 2.95. The predicted molar refractivity (Wildman–Crippen MR) is 79.7 cm³/mol. The Morgan fingerprint density at radius 1 is 1.25 bits per heavy atom. The first kappa shape index (κ1) is 14.4. The summed E-state index contributed by atoms with van der Waals surface area (Å²) in [4.78, 5) is 15.6. The Labute approximate surface area is 125 Å². The molecule has 0 unspecified atom stereocenters. The predicted octanol–water partition coefficient (Wildman–Crippen LogP) is 3.50. The summed E-state index contributed by atoms with van der Waals surface area (Å²) in [6, 6.07) is 8.09. The Morgan fingerprint density at radius 2 is 1.90 bits per heavy atom. The van der Waals surface area contributed by atoms with Crippen LogP contribution in [-0.4, -0.2) is 18.1 Å². The fraction of sp³-hybridized carbons (Fsp3) is 0.0769. The molecule has 2 rings (SSSR count). The maximum atomic E-state index is 11.5. The van der Waals surface area contributed by atoms with Crippen LogP contribution in [0.4, 0.5) is 17.2 Å². The summed E-state index contributed by atoms with van der Waals surface area (Å²) >= 11 is 12.1. The van der Waals surface area contributed by atoms with Gasteiger partial charge in [-0.05, 0) is 24.3 Å². The van der Waals surface area contributed by atoms with E-state index in [-0.39, 0.29) is 11.5 Å². The molecule has 5 nitrogen and oxygen atoms in total. The van der Waals surface area contributed by atoms with Crippen molar-refractivity contribution in [3.8, 4) is 0 Å². The maximum Gasteiger partial charge on any atom is 0.356 e. The van der Waals surface area contributed by atoms with Gasteiger partial charge in [-0.2, -0.15) is 0 Å². The van der Waals surface area contributed by atoms with E-state index in [2.05, 4.69) is 15.0 Å².